The van der Waals surface area contributed by atoms with Crippen molar-refractivity contribution in [2.24, 2.45) is 0 Å². The predicted molar refractivity (Wildman–Crippen MR) is 235 cm³/mol. The maximum atomic E-state index is 12.6. The summed E-state index contributed by atoms with van der Waals surface area (Å²) < 4.78 is 28.0. The third-order valence-corrected chi connectivity index (χ3v) is 11.0. The Bertz CT molecular complexity index is 3090. The molecule has 0 saturated heterocycles. The van der Waals surface area contributed by atoms with Gasteiger partial charge in [-0.25, -0.2) is 0 Å². The van der Waals surface area contributed by atoms with Crippen LogP contribution in [0.25, 0.3) is 83.0 Å². The van der Waals surface area contributed by atoms with Crippen molar-refractivity contribution in [3.05, 3.63) is 162 Å². The zero-order valence-corrected chi connectivity index (χ0v) is 36.5. The van der Waals surface area contributed by atoms with Crippen molar-refractivity contribution in [2.45, 2.75) is 65.7 Å². The molecule has 7 heteroatoms. The largest absolute Gasteiger partial charge is 0.500 e. The second-order valence-electron chi connectivity index (χ2n) is 16.6. The smallest absolute Gasteiger partial charge is 0.142 e. The minimum absolute atomic E-state index is 0. The molecule has 6 aromatic carbocycles. The van der Waals surface area contributed by atoms with Gasteiger partial charge in [-0.2, -0.15) is 0 Å². The summed E-state index contributed by atoms with van der Waals surface area (Å²) >= 11 is 0. The van der Waals surface area contributed by atoms with Gasteiger partial charge in [-0.3, -0.25) is 9.37 Å². The summed E-state index contributed by atoms with van der Waals surface area (Å²) in [5, 5.41) is 5.37. The maximum absolute atomic E-state index is 12.6. The van der Waals surface area contributed by atoms with Crippen LogP contribution in [0.3, 0.4) is 0 Å². The normalized spacial score (nSPS) is 11.9. The number of para-hydroxylation sites is 3. The van der Waals surface area contributed by atoms with Gasteiger partial charge in [0, 0.05) is 64.9 Å². The number of hydrogen-bond donors (Lipinski definition) is 0. The molecular weight excluding hydrogens is 910 g/mol. The van der Waals surface area contributed by atoms with E-state index >= 15 is 0 Å². The van der Waals surface area contributed by atoms with E-state index in [0.29, 0.717) is 11.8 Å². The fourth-order valence-electron chi connectivity index (χ4n) is 8.12. The van der Waals surface area contributed by atoms with Crippen molar-refractivity contribution < 1.29 is 33.3 Å². The molecule has 297 valence electrons. The first-order valence-corrected chi connectivity index (χ1v) is 19.9. The molecule has 0 amide bonds. The molecule has 0 aliphatic rings. The number of imidazole rings is 1. The first-order valence-electron chi connectivity index (χ1n) is 19.9. The number of fused-ring (bicyclic) bond motifs is 8. The number of hydrogen-bond acceptors (Lipinski definition) is 4. The second kappa shape index (κ2) is 15.7. The molecule has 0 aliphatic carbocycles. The van der Waals surface area contributed by atoms with Gasteiger partial charge < -0.3 is 18.4 Å². The van der Waals surface area contributed by atoms with Crippen LogP contribution in [-0.4, -0.2) is 14.5 Å². The van der Waals surface area contributed by atoms with Gasteiger partial charge in [-0.15, -0.1) is 48.0 Å². The second-order valence-corrected chi connectivity index (χ2v) is 16.6. The van der Waals surface area contributed by atoms with Gasteiger partial charge in [-0.05, 0) is 64.4 Å². The average molecular weight is 954 g/mol. The first-order chi connectivity index (χ1) is 28.0. The molecule has 0 aliphatic heterocycles. The van der Waals surface area contributed by atoms with E-state index in [-0.39, 0.29) is 31.3 Å². The Kier molecular flexibility index (Phi) is 10.6. The van der Waals surface area contributed by atoms with Crippen molar-refractivity contribution in [2.75, 3.05) is 0 Å². The number of pyridine rings is 1. The molecule has 1 radical (unpaired) electrons. The fourth-order valence-corrected chi connectivity index (χ4v) is 8.12. The molecule has 10 aromatic rings. The molecule has 0 spiro atoms. The Balaban J connectivity index is 0.000000295. The molecule has 0 atom stereocenters. The number of aromatic nitrogens is 3. The number of benzene rings is 6. The van der Waals surface area contributed by atoms with Gasteiger partial charge in [0.05, 0.1) is 28.7 Å². The van der Waals surface area contributed by atoms with Gasteiger partial charge in [0.2, 0.25) is 0 Å². The van der Waals surface area contributed by atoms with Crippen molar-refractivity contribution in [3.63, 3.8) is 0 Å². The topological polar surface area (TPSA) is 57.0 Å². The van der Waals surface area contributed by atoms with E-state index in [1.54, 1.807) is 12.3 Å². The van der Waals surface area contributed by atoms with E-state index in [4.69, 9.17) is 13.8 Å². The number of rotatable bonds is 5. The Morgan fingerprint density at radius 2 is 1.34 bits per heavy atom. The van der Waals surface area contributed by atoms with Crippen molar-refractivity contribution in [1.29, 1.82) is 0 Å². The van der Waals surface area contributed by atoms with Gasteiger partial charge >= 0.3 is 0 Å². The summed E-state index contributed by atoms with van der Waals surface area (Å²) in [5.41, 5.74) is 12.0. The third-order valence-electron chi connectivity index (χ3n) is 11.0. The summed E-state index contributed by atoms with van der Waals surface area (Å²) in [4.78, 5) is 9.39. The van der Waals surface area contributed by atoms with Crippen LogP contribution in [0.4, 0.5) is 4.39 Å². The first kappa shape index (κ1) is 39.9. The third kappa shape index (κ3) is 7.07. The van der Waals surface area contributed by atoms with E-state index in [2.05, 4.69) is 143 Å². The molecule has 0 fully saturated rings. The summed E-state index contributed by atoms with van der Waals surface area (Å²) in [6.07, 6.45) is 3.61. The van der Waals surface area contributed by atoms with Crippen LogP contribution in [-0.2, 0) is 25.5 Å². The maximum Gasteiger partial charge on any atom is 0.142 e. The molecular formula is C52H44FIrN3O2-2. The van der Waals surface area contributed by atoms with Crippen molar-refractivity contribution in [1.82, 2.24) is 14.5 Å². The van der Waals surface area contributed by atoms with E-state index in [9.17, 15) is 4.39 Å². The average Bonchev–Trinajstić information content (AvgIpc) is 3.95. The molecule has 10 rings (SSSR count). The van der Waals surface area contributed by atoms with Crippen LogP contribution in [0.5, 0.6) is 0 Å². The molecule has 5 nitrogen and oxygen atoms in total. The van der Waals surface area contributed by atoms with E-state index in [0.717, 1.165) is 77.4 Å². The zero-order chi connectivity index (χ0) is 40.3. The predicted octanol–water partition coefficient (Wildman–Crippen LogP) is 14.5. The van der Waals surface area contributed by atoms with Gasteiger partial charge in [0.15, 0.2) is 0 Å². The Labute approximate surface area is 357 Å². The van der Waals surface area contributed by atoms with Crippen molar-refractivity contribution in [3.8, 4) is 28.3 Å². The molecule has 59 heavy (non-hydrogen) atoms. The van der Waals surface area contributed by atoms with E-state index in [1.807, 2.05) is 30.5 Å². The quantitative estimate of drug-likeness (QED) is 0.161. The van der Waals surface area contributed by atoms with Gasteiger partial charge in [0.25, 0.3) is 0 Å². The summed E-state index contributed by atoms with van der Waals surface area (Å²) in [6, 6.07) is 44.2. The van der Waals surface area contributed by atoms with Crippen LogP contribution < -0.4 is 0 Å². The minimum Gasteiger partial charge on any atom is -0.500 e. The molecule has 0 unspecified atom stereocenters. The Hall–Kier alpha value is -5.88. The molecule has 0 saturated carbocycles. The monoisotopic (exact) mass is 954 g/mol. The summed E-state index contributed by atoms with van der Waals surface area (Å²) in [6.45, 7) is 15.7. The Morgan fingerprint density at radius 3 is 1.98 bits per heavy atom. The number of nitrogens with zero attached hydrogens (tertiary/aromatic N) is 3. The SMILES string of the molecule is CC(C)c1cccc(C(C)C)c1-n1c(-c2[c-]ccc3c2oc2c3ccc3c2ccc2c(C(C)(C)C)coc23)nc2ccccc21.Fc1c[c-]c(-c2ccccn2)cc1.[Ir]. The van der Waals surface area contributed by atoms with Crippen molar-refractivity contribution >= 4 is 54.7 Å². The standard InChI is InChI=1S/C41H37N2O2.C11H7FN.Ir/c1-23(2)25-12-10-13-26(24(3)4)36(25)43-35-17-9-8-16-34(35)42-40(43)32-15-11-14-27-29-19-18-28-30(38(29)45-39(27)32)20-21-31-33(41(5,6)7)22-44-37(28)31;12-10-6-4-9(5-7-10)11-3-1-2-8-13-11;/h8-14,16-24H,1-7H3;1-4,6-8H;/q2*-1;. The molecule has 4 heterocycles. The zero-order valence-electron chi connectivity index (χ0n) is 34.1. The minimum atomic E-state index is -0.278. The number of halogens is 1. The van der Waals surface area contributed by atoms with Crippen LogP contribution in [0, 0.1) is 17.9 Å². The summed E-state index contributed by atoms with van der Waals surface area (Å²) in [7, 11) is 0. The fraction of sp³-hybridized carbons (Fsp3) is 0.192. The van der Waals surface area contributed by atoms with Gasteiger partial charge in [-0.1, -0.05) is 114 Å². The van der Waals surface area contributed by atoms with Gasteiger partial charge in [0.1, 0.15) is 11.2 Å². The Morgan fingerprint density at radius 1 is 0.678 bits per heavy atom. The molecule has 4 aromatic heterocycles. The number of furan rings is 2. The van der Waals surface area contributed by atoms with Crippen LogP contribution in [0.2, 0.25) is 0 Å². The molecule has 0 N–H and O–H groups in total. The van der Waals surface area contributed by atoms with E-state index in [1.165, 1.54) is 34.5 Å². The van der Waals surface area contributed by atoms with Crippen LogP contribution in [0.15, 0.2) is 137 Å². The van der Waals surface area contributed by atoms with Crippen LogP contribution >= 0.6 is 0 Å². The molecule has 0 bridgehead atoms. The van der Waals surface area contributed by atoms with Crippen LogP contribution in [0.1, 0.15) is 77.0 Å². The summed E-state index contributed by atoms with van der Waals surface area (Å²) in [5.74, 6) is 1.23. The van der Waals surface area contributed by atoms with E-state index < -0.39 is 0 Å².